The molecule has 2 aromatic rings. The van der Waals surface area contributed by atoms with Crippen LogP contribution in [0.1, 0.15) is 36.9 Å². The van der Waals surface area contributed by atoms with Gasteiger partial charge in [0.25, 0.3) is 0 Å². The van der Waals surface area contributed by atoms with Crippen molar-refractivity contribution < 1.29 is 9.90 Å². The summed E-state index contributed by atoms with van der Waals surface area (Å²) in [7, 11) is 0. The smallest absolute Gasteiger partial charge is 0.330 e. The molecule has 1 aliphatic rings. The standard InChI is InChI=1S/C13H15N3O2/c1-8(13(17)18)16-14-11-6-9-4-2-3-5-10(9)7-12(11)15-16/h6-8H,2-5H2,1H3,(H,17,18). The molecule has 3 rings (SSSR count). The SMILES string of the molecule is CC(C(=O)O)n1nc2cc3c(cc2n1)CCCC3. The lowest BCUT2D eigenvalue weighted by molar-refractivity contribution is -0.140. The summed E-state index contributed by atoms with van der Waals surface area (Å²) in [4.78, 5) is 12.2. The third-order valence-corrected chi connectivity index (χ3v) is 3.56. The van der Waals surface area contributed by atoms with E-state index in [1.54, 1.807) is 6.92 Å². The third kappa shape index (κ3) is 1.75. The largest absolute Gasteiger partial charge is 0.480 e. The molecule has 18 heavy (non-hydrogen) atoms. The number of aryl methyl sites for hydroxylation is 2. The molecule has 1 N–H and O–H groups in total. The van der Waals surface area contributed by atoms with E-state index in [2.05, 4.69) is 22.3 Å². The first-order valence-electron chi connectivity index (χ1n) is 6.26. The molecule has 1 atom stereocenters. The molecule has 1 aliphatic carbocycles. The minimum atomic E-state index is -0.917. The Balaban J connectivity index is 2.09. The molecule has 0 saturated carbocycles. The van der Waals surface area contributed by atoms with Crippen molar-refractivity contribution in [2.75, 3.05) is 0 Å². The number of fused-ring (bicyclic) bond motifs is 2. The lowest BCUT2D eigenvalue weighted by Gasteiger charge is -2.14. The van der Waals surface area contributed by atoms with Gasteiger partial charge in [-0.3, -0.25) is 0 Å². The summed E-state index contributed by atoms with van der Waals surface area (Å²) in [5, 5.41) is 17.5. The zero-order valence-electron chi connectivity index (χ0n) is 10.3. The van der Waals surface area contributed by atoms with Gasteiger partial charge in [-0.1, -0.05) is 0 Å². The first-order valence-corrected chi connectivity index (χ1v) is 6.26. The molecule has 1 heterocycles. The molecule has 0 aliphatic heterocycles. The van der Waals surface area contributed by atoms with E-state index in [4.69, 9.17) is 5.11 Å². The normalized spacial score (nSPS) is 16.5. The molecule has 5 heteroatoms. The number of carbonyl (C=O) groups is 1. The summed E-state index contributed by atoms with van der Waals surface area (Å²) in [6, 6.07) is 3.39. The van der Waals surface area contributed by atoms with Crippen LogP contribution in [0.5, 0.6) is 0 Å². The van der Waals surface area contributed by atoms with Crippen molar-refractivity contribution in [2.45, 2.75) is 38.6 Å². The Labute approximate surface area is 104 Å². The molecule has 1 unspecified atom stereocenters. The number of carboxylic acid groups (broad SMARTS) is 1. The van der Waals surface area contributed by atoms with Crippen LogP contribution in [0.3, 0.4) is 0 Å². The fraction of sp³-hybridized carbons (Fsp3) is 0.462. The van der Waals surface area contributed by atoms with E-state index >= 15 is 0 Å². The van der Waals surface area contributed by atoms with Crippen molar-refractivity contribution in [1.82, 2.24) is 15.0 Å². The predicted octanol–water partition coefficient (Wildman–Crippen LogP) is 1.96. The molecule has 94 valence electrons. The zero-order valence-corrected chi connectivity index (χ0v) is 10.3. The van der Waals surface area contributed by atoms with Gasteiger partial charge in [-0.25, -0.2) is 4.79 Å². The van der Waals surface area contributed by atoms with Crippen molar-refractivity contribution >= 4 is 17.0 Å². The molecule has 5 nitrogen and oxygen atoms in total. The van der Waals surface area contributed by atoms with Crippen LogP contribution < -0.4 is 0 Å². The van der Waals surface area contributed by atoms with Crippen molar-refractivity contribution in [3.63, 3.8) is 0 Å². The first-order chi connectivity index (χ1) is 8.65. The number of aliphatic carboxylic acids is 1. The van der Waals surface area contributed by atoms with E-state index in [0.717, 1.165) is 23.9 Å². The van der Waals surface area contributed by atoms with Crippen molar-refractivity contribution in [2.24, 2.45) is 0 Å². The van der Waals surface area contributed by atoms with Crippen LogP contribution in [0, 0.1) is 0 Å². The molecule has 1 aromatic heterocycles. The second kappa shape index (κ2) is 4.08. The maximum Gasteiger partial charge on any atom is 0.330 e. The van der Waals surface area contributed by atoms with E-state index in [-0.39, 0.29) is 0 Å². The Bertz CT molecular complexity index is 575. The molecular weight excluding hydrogens is 230 g/mol. The Morgan fingerprint density at radius 1 is 1.22 bits per heavy atom. The van der Waals surface area contributed by atoms with Gasteiger partial charge in [0.15, 0.2) is 6.04 Å². The van der Waals surface area contributed by atoms with Crippen LogP contribution in [-0.2, 0) is 17.6 Å². The Morgan fingerprint density at radius 2 is 1.72 bits per heavy atom. The first kappa shape index (κ1) is 11.2. The second-order valence-electron chi connectivity index (χ2n) is 4.85. The highest BCUT2D eigenvalue weighted by Gasteiger charge is 2.18. The van der Waals surface area contributed by atoms with Gasteiger partial charge in [-0.2, -0.15) is 15.0 Å². The van der Waals surface area contributed by atoms with E-state index in [0.29, 0.717) is 0 Å². The molecular formula is C13H15N3O2. The monoisotopic (exact) mass is 245 g/mol. The van der Waals surface area contributed by atoms with E-state index in [1.165, 1.54) is 28.8 Å². The van der Waals surface area contributed by atoms with Crippen molar-refractivity contribution in [3.05, 3.63) is 23.3 Å². The number of aromatic nitrogens is 3. The van der Waals surface area contributed by atoms with Gasteiger partial charge in [0.05, 0.1) is 0 Å². The maximum absolute atomic E-state index is 10.9. The number of carboxylic acids is 1. The number of hydrogen-bond donors (Lipinski definition) is 1. The number of nitrogens with zero attached hydrogens (tertiary/aromatic N) is 3. The van der Waals surface area contributed by atoms with Crippen LogP contribution in [0.25, 0.3) is 11.0 Å². The van der Waals surface area contributed by atoms with Gasteiger partial charge < -0.3 is 5.11 Å². The Hall–Kier alpha value is -1.91. The summed E-state index contributed by atoms with van der Waals surface area (Å²) in [5.74, 6) is -0.917. The van der Waals surface area contributed by atoms with Crippen molar-refractivity contribution in [1.29, 1.82) is 0 Å². The van der Waals surface area contributed by atoms with Gasteiger partial charge in [-0.05, 0) is 55.9 Å². The number of hydrogen-bond acceptors (Lipinski definition) is 3. The number of rotatable bonds is 2. The lowest BCUT2D eigenvalue weighted by atomic mass is 9.91. The predicted molar refractivity (Wildman–Crippen MR) is 66.5 cm³/mol. The van der Waals surface area contributed by atoms with Crippen LogP contribution in [0.2, 0.25) is 0 Å². The van der Waals surface area contributed by atoms with Gasteiger partial charge in [0.2, 0.25) is 0 Å². The third-order valence-electron chi connectivity index (χ3n) is 3.56. The van der Waals surface area contributed by atoms with Crippen LogP contribution in [-0.4, -0.2) is 26.1 Å². The molecule has 0 amide bonds. The summed E-state index contributed by atoms with van der Waals surface area (Å²) in [6.07, 6.45) is 4.62. The quantitative estimate of drug-likeness (QED) is 0.878. The van der Waals surface area contributed by atoms with Crippen molar-refractivity contribution in [3.8, 4) is 0 Å². The minimum Gasteiger partial charge on any atom is -0.480 e. The molecule has 1 aromatic carbocycles. The Kier molecular flexibility index (Phi) is 2.54. The Morgan fingerprint density at radius 3 is 2.17 bits per heavy atom. The molecule has 0 spiro atoms. The average molecular weight is 245 g/mol. The lowest BCUT2D eigenvalue weighted by Crippen LogP contribution is -2.17. The highest BCUT2D eigenvalue weighted by Crippen LogP contribution is 2.25. The number of benzene rings is 1. The van der Waals surface area contributed by atoms with E-state index < -0.39 is 12.0 Å². The van der Waals surface area contributed by atoms with Crippen LogP contribution >= 0.6 is 0 Å². The summed E-state index contributed by atoms with van der Waals surface area (Å²) in [6.45, 7) is 1.58. The fourth-order valence-corrected chi connectivity index (χ4v) is 2.43. The second-order valence-corrected chi connectivity index (χ2v) is 4.85. The molecule has 0 fully saturated rings. The van der Waals surface area contributed by atoms with E-state index in [9.17, 15) is 4.79 Å². The highest BCUT2D eigenvalue weighted by atomic mass is 16.4. The maximum atomic E-state index is 10.9. The minimum absolute atomic E-state index is 0.727. The topological polar surface area (TPSA) is 68.0 Å². The fourth-order valence-electron chi connectivity index (χ4n) is 2.43. The van der Waals surface area contributed by atoms with Crippen LogP contribution in [0.15, 0.2) is 12.1 Å². The van der Waals surface area contributed by atoms with Gasteiger partial charge >= 0.3 is 5.97 Å². The summed E-state index contributed by atoms with van der Waals surface area (Å²) >= 11 is 0. The molecule has 0 radical (unpaired) electrons. The van der Waals surface area contributed by atoms with Crippen LogP contribution in [0.4, 0.5) is 0 Å². The highest BCUT2D eigenvalue weighted by molar-refractivity contribution is 5.77. The summed E-state index contributed by atoms with van der Waals surface area (Å²) < 4.78 is 0. The van der Waals surface area contributed by atoms with Gasteiger partial charge in [0, 0.05) is 0 Å². The van der Waals surface area contributed by atoms with Gasteiger partial charge in [-0.15, -0.1) is 0 Å². The van der Waals surface area contributed by atoms with Gasteiger partial charge in [0.1, 0.15) is 11.0 Å². The summed E-state index contributed by atoms with van der Waals surface area (Å²) in [5.41, 5.74) is 4.26. The molecule has 0 saturated heterocycles. The average Bonchev–Trinajstić information content (AvgIpc) is 2.77. The zero-order chi connectivity index (χ0) is 12.7. The molecule has 0 bridgehead atoms. The van der Waals surface area contributed by atoms with E-state index in [1.807, 2.05) is 0 Å².